The molecule has 98 valence electrons. The number of nitrogens with zero attached hydrogens (tertiary/aromatic N) is 1. The van der Waals surface area contributed by atoms with Crippen molar-refractivity contribution in [3.05, 3.63) is 24.3 Å². The highest BCUT2D eigenvalue weighted by molar-refractivity contribution is 7.99. The summed E-state index contributed by atoms with van der Waals surface area (Å²) in [5, 5.41) is 4.09. The van der Waals surface area contributed by atoms with E-state index in [2.05, 4.69) is 10.2 Å². The molecule has 0 saturated carbocycles. The highest BCUT2D eigenvalue weighted by Gasteiger charge is 2.12. The second-order valence-corrected chi connectivity index (χ2v) is 5.73. The van der Waals surface area contributed by atoms with Gasteiger partial charge in [0.05, 0.1) is 7.11 Å². The van der Waals surface area contributed by atoms with Crippen molar-refractivity contribution >= 4 is 34.8 Å². The fourth-order valence-electron chi connectivity index (χ4n) is 1.85. The van der Waals surface area contributed by atoms with Crippen molar-refractivity contribution in [1.82, 2.24) is 4.90 Å². The van der Waals surface area contributed by atoms with Gasteiger partial charge < -0.3 is 15.0 Å². The molecule has 3 nitrogen and oxygen atoms in total. The molecule has 0 radical (unpaired) electrons. The van der Waals surface area contributed by atoms with Crippen molar-refractivity contribution in [1.29, 1.82) is 0 Å². The molecule has 1 aromatic carbocycles. The molecule has 0 bridgehead atoms. The molecule has 1 N–H and O–H groups in total. The number of thioether (sulfide) groups is 1. The highest BCUT2D eigenvalue weighted by Crippen LogP contribution is 2.18. The first-order valence-corrected chi connectivity index (χ1v) is 7.63. The second kappa shape index (κ2) is 6.85. The molecule has 0 aromatic heterocycles. The monoisotopic (exact) mass is 282 g/mol. The molecule has 5 heteroatoms. The van der Waals surface area contributed by atoms with Crippen LogP contribution in [0.15, 0.2) is 24.3 Å². The van der Waals surface area contributed by atoms with Crippen LogP contribution in [0.1, 0.15) is 6.42 Å². The van der Waals surface area contributed by atoms with Gasteiger partial charge in [-0.3, -0.25) is 0 Å². The summed E-state index contributed by atoms with van der Waals surface area (Å²) in [6.45, 7) is 2.07. The maximum absolute atomic E-state index is 5.46. The van der Waals surface area contributed by atoms with Gasteiger partial charge in [-0.1, -0.05) is 6.07 Å². The van der Waals surface area contributed by atoms with Crippen LogP contribution >= 0.6 is 24.0 Å². The Kier molecular flexibility index (Phi) is 5.13. The van der Waals surface area contributed by atoms with E-state index in [4.69, 9.17) is 17.0 Å². The van der Waals surface area contributed by atoms with Crippen LogP contribution in [-0.4, -0.2) is 41.7 Å². The Bertz CT molecular complexity index is 404. The van der Waals surface area contributed by atoms with Crippen LogP contribution in [0.3, 0.4) is 0 Å². The minimum Gasteiger partial charge on any atom is -0.497 e. The van der Waals surface area contributed by atoms with Crippen LogP contribution < -0.4 is 10.1 Å². The zero-order valence-corrected chi connectivity index (χ0v) is 12.1. The van der Waals surface area contributed by atoms with Crippen molar-refractivity contribution in [3.63, 3.8) is 0 Å². The molecular formula is C13H18N2OS2. The third-order valence-corrected chi connectivity index (χ3v) is 4.24. The van der Waals surface area contributed by atoms with Crippen molar-refractivity contribution in [2.45, 2.75) is 6.42 Å². The highest BCUT2D eigenvalue weighted by atomic mass is 32.2. The van der Waals surface area contributed by atoms with Crippen molar-refractivity contribution in [2.75, 3.05) is 37.0 Å². The summed E-state index contributed by atoms with van der Waals surface area (Å²) >= 11 is 7.46. The van der Waals surface area contributed by atoms with Gasteiger partial charge >= 0.3 is 0 Å². The lowest BCUT2D eigenvalue weighted by atomic mass is 10.3. The third kappa shape index (κ3) is 3.78. The number of methoxy groups -OCH3 is 1. The van der Waals surface area contributed by atoms with E-state index in [0.717, 1.165) is 35.4 Å². The molecule has 18 heavy (non-hydrogen) atoms. The van der Waals surface area contributed by atoms with E-state index in [1.54, 1.807) is 7.11 Å². The number of ether oxygens (including phenoxy) is 1. The van der Waals surface area contributed by atoms with Crippen molar-refractivity contribution < 1.29 is 4.74 Å². The van der Waals surface area contributed by atoms with E-state index in [1.807, 2.05) is 36.0 Å². The third-order valence-electron chi connectivity index (χ3n) is 2.83. The van der Waals surface area contributed by atoms with Crippen molar-refractivity contribution in [3.8, 4) is 5.75 Å². The fraction of sp³-hybridized carbons (Fsp3) is 0.462. The molecule has 0 aliphatic carbocycles. The average Bonchev–Trinajstić information content (AvgIpc) is 2.68. The lowest BCUT2D eigenvalue weighted by molar-refractivity contribution is 0.415. The van der Waals surface area contributed by atoms with Gasteiger partial charge in [-0.05, 0) is 36.5 Å². The van der Waals surface area contributed by atoms with Gasteiger partial charge in [0.1, 0.15) is 5.75 Å². The number of anilines is 1. The summed E-state index contributed by atoms with van der Waals surface area (Å²) in [6, 6.07) is 7.85. The molecule has 1 aliphatic rings. The Labute approximate surface area is 118 Å². The number of thiocarbonyl (C=S) groups is 1. The predicted octanol–water partition coefficient (Wildman–Crippen LogP) is 2.83. The quantitative estimate of drug-likeness (QED) is 0.841. The first kappa shape index (κ1) is 13.5. The molecule has 1 aliphatic heterocycles. The smallest absolute Gasteiger partial charge is 0.173 e. The zero-order chi connectivity index (χ0) is 12.8. The molecule has 1 saturated heterocycles. The number of hydrogen-bond donors (Lipinski definition) is 1. The van der Waals surface area contributed by atoms with Crippen LogP contribution in [-0.2, 0) is 0 Å². The van der Waals surface area contributed by atoms with Crippen LogP contribution in [0, 0.1) is 0 Å². The Hall–Kier alpha value is -0.940. The Balaban J connectivity index is 1.96. The minimum atomic E-state index is 0.811. The second-order valence-electron chi connectivity index (χ2n) is 4.12. The number of benzene rings is 1. The summed E-state index contributed by atoms with van der Waals surface area (Å²) in [6.07, 6.45) is 1.20. The zero-order valence-electron chi connectivity index (χ0n) is 10.5. The first-order chi connectivity index (χ1) is 8.79. The number of rotatable bonds is 2. The molecular weight excluding hydrogens is 264 g/mol. The van der Waals surface area contributed by atoms with Gasteiger partial charge in [0.25, 0.3) is 0 Å². The van der Waals surface area contributed by atoms with Crippen LogP contribution in [0.5, 0.6) is 5.75 Å². The van der Waals surface area contributed by atoms with Gasteiger partial charge in [-0.15, -0.1) is 0 Å². The van der Waals surface area contributed by atoms with Crippen molar-refractivity contribution in [2.24, 2.45) is 0 Å². The SMILES string of the molecule is COc1cccc(NC(=S)N2CCCSCC2)c1. The van der Waals surface area contributed by atoms with Crippen LogP contribution in [0.25, 0.3) is 0 Å². The number of nitrogens with one attached hydrogen (secondary N) is 1. The molecule has 0 unspecified atom stereocenters. The van der Waals surface area contributed by atoms with E-state index in [1.165, 1.54) is 12.2 Å². The lowest BCUT2D eigenvalue weighted by Gasteiger charge is -2.23. The normalized spacial score (nSPS) is 15.9. The van der Waals surface area contributed by atoms with E-state index in [9.17, 15) is 0 Å². The molecule has 1 fully saturated rings. The number of hydrogen-bond acceptors (Lipinski definition) is 3. The average molecular weight is 282 g/mol. The summed E-state index contributed by atoms with van der Waals surface area (Å²) in [5.74, 6) is 3.23. The Morgan fingerprint density at radius 2 is 2.28 bits per heavy atom. The van der Waals surface area contributed by atoms with E-state index < -0.39 is 0 Å². The minimum absolute atomic E-state index is 0.811. The lowest BCUT2D eigenvalue weighted by Crippen LogP contribution is -2.36. The summed E-state index contributed by atoms with van der Waals surface area (Å²) in [4.78, 5) is 2.24. The van der Waals surface area contributed by atoms with Gasteiger partial charge in [-0.25, -0.2) is 0 Å². The fourth-order valence-corrected chi connectivity index (χ4v) is 3.04. The molecule has 0 amide bonds. The first-order valence-electron chi connectivity index (χ1n) is 6.07. The van der Waals surface area contributed by atoms with Gasteiger partial charge in [0, 0.05) is 30.6 Å². The Morgan fingerprint density at radius 1 is 1.39 bits per heavy atom. The topological polar surface area (TPSA) is 24.5 Å². The van der Waals surface area contributed by atoms with E-state index in [0.29, 0.717) is 0 Å². The van der Waals surface area contributed by atoms with Gasteiger partial charge in [0.15, 0.2) is 5.11 Å². The summed E-state index contributed by atoms with van der Waals surface area (Å²) in [7, 11) is 1.67. The van der Waals surface area contributed by atoms with Crippen LogP contribution in [0.4, 0.5) is 5.69 Å². The maximum Gasteiger partial charge on any atom is 0.173 e. The van der Waals surface area contributed by atoms with Gasteiger partial charge in [-0.2, -0.15) is 11.8 Å². The summed E-state index contributed by atoms with van der Waals surface area (Å²) < 4.78 is 5.20. The standard InChI is InChI=1S/C13H18N2OS2/c1-16-12-5-2-4-11(10-12)14-13(17)15-6-3-8-18-9-7-15/h2,4-5,10H,3,6-9H2,1H3,(H,14,17). The predicted molar refractivity (Wildman–Crippen MR) is 82.7 cm³/mol. The molecule has 2 rings (SSSR count). The molecule has 1 aromatic rings. The Morgan fingerprint density at radius 3 is 3.11 bits per heavy atom. The molecule has 0 spiro atoms. The molecule has 1 heterocycles. The summed E-state index contributed by atoms with van der Waals surface area (Å²) in [5.41, 5.74) is 0.983. The van der Waals surface area contributed by atoms with E-state index >= 15 is 0 Å². The largest absolute Gasteiger partial charge is 0.497 e. The maximum atomic E-state index is 5.46. The van der Waals surface area contributed by atoms with Gasteiger partial charge in [0.2, 0.25) is 0 Å². The van der Waals surface area contributed by atoms with Crippen LogP contribution in [0.2, 0.25) is 0 Å². The molecule has 0 atom stereocenters. The van der Waals surface area contributed by atoms with E-state index in [-0.39, 0.29) is 0 Å².